The van der Waals surface area contributed by atoms with Crippen LogP contribution in [-0.4, -0.2) is 54.7 Å². The van der Waals surface area contributed by atoms with Gasteiger partial charge in [0, 0.05) is 18.7 Å². The Labute approximate surface area is 191 Å². The smallest absolute Gasteiger partial charge is 0.314 e. The van der Waals surface area contributed by atoms with E-state index in [4.69, 9.17) is 4.42 Å². The molecule has 1 amide bonds. The number of aromatic nitrogens is 2. The van der Waals surface area contributed by atoms with E-state index in [1.807, 2.05) is 36.4 Å². The number of rotatable bonds is 8. The summed E-state index contributed by atoms with van der Waals surface area (Å²) in [6.45, 7) is 2.48. The molecule has 0 bridgehead atoms. The quantitative estimate of drug-likeness (QED) is 0.470. The third-order valence-electron chi connectivity index (χ3n) is 6.12. The fourth-order valence-electron chi connectivity index (χ4n) is 4.15. The highest BCUT2D eigenvalue weighted by atomic mass is 19.3. The van der Waals surface area contributed by atoms with Crippen LogP contribution in [-0.2, 0) is 11.3 Å². The zero-order chi connectivity index (χ0) is 23.4. The summed E-state index contributed by atoms with van der Waals surface area (Å²) in [5.41, 5.74) is 3.28. The maximum absolute atomic E-state index is 12.7. The molecule has 1 aliphatic heterocycles. The van der Waals surface area contributed by atoms with Crippen molar-refractivity contribution in [3.05, 3.63) is 60.0 Å². The van der Waals surface area contributed by atoms with Crippen LogP contribution in [0.2, 0.25) is 0 Å². The standard InChI is InChI=1S/C24H27F2N5O2/c1-29-13-11-19(12-14-29)30(2)20-5-3-4-6-21(20)31(16-32)15-17-7-9-18(10-8-17)23-27-28-24(33-23)22(25)26/h3-10,16,19,22H,11-15H2,1-2H3. The van der Waals surface area contributed by atoms with Crippen molar-refractivity contribution in [1.29, 1.82) is 0 Å². The van der Waals surface area contributed by atoms with Gasteiger partial charge in [-0.25, -0.2) is 0 Å². The molecule has 1 aromatic heterocycles. The van der Waals surface area contributed by atoms with E-state index in [2.05, 4.69) is 34.1 Å². The lowest BCUT2D eigenvalue weighted by Gasteiger charge is -2.38. The van der Waals surface area contributed by atoms with Crippen molar-refractivity contribution in [3.8, 4) is 11.5 Å². The number of nitrogens with zero attached hydrogens (tertiary/aromatic N) is 5. The van der Waals surface area contributed by atoms with Crippen molar-refractivity contribution in [2.24, 2.45) is 0 Å². The van der Waals surface area contributed by atoms with Gasteiger partial charge in [-0.15, -0.1) is 10.2 Å². The van der Waals surface area contributed by atoms with E-state index in [0.29, 0.717) is 18.2 Å². The Morgan fingerprint density at radius 1 is 1.09 bits per heavy atom. The summed E-state index contributed by atoms with van der Waals surface area (Å²) < 4.78 is 30.4. The fraction of sp³-hybridized carbons (Fsp3) is 0.375. The molecule has 1 fully saturated rings. The zero-order valence-corrected chi connectivity index (χ0v) is 18.7. The molecule has 0 aliphatic carbocycles. The van der Waals surface area contributed by atoms with Gasteiger partial charge in [-0.05, 0) is 62.8 Å². The maximum atomic E-state index is 12.7. The predicted octanol–water partition coefficient (Wildman–Crippen LogP) is 4.37. The number of anilines is 2. The molecule has 0 atom stereocenters. The summed E-state index contributed by atoms with van der Waals surface area (Å²) in [4.78, 5) is 18.3. The first-order valence-electron chi connectivity index (χ1n) is 10.9. The first kappa shape index (κ1) is 22.8. The fourth-order valence-corrected chi connectivity index (χ4v) is 4.15. The van der Waals surface area contributed by atoms with E-state index >= 15 is 0 Å². The molecule has 7 nitrogen and oxygen atoms in total. The van der Waals surface area contributed by atoms with E-state index in [0.717, 1.165) is 49.3 Å². The Kier molecular flexibility index (Phi) is 6.98. The van der Waals surface area contributed by atoms with Gasteiger partial charge < -0.3 is 19.1 Å². The van der Waals surface area contributed by atoms with Gasteiger partial charge in [0.1, 0.15) is 0 Å². The van der Waals surface area contributed by atoms with Gasteiger partial charge >= 0.3 is 6.43 Å². The first-order valence-corrected chi connectivity index (χ1v) is 10.9. The SMILES string of the molecule is CN1CCC(N(C)c2ccccc2N(C=O)Cc2ccc(-c3nnc(C(F)F)o3)cc2)CC1. The van der Waals surface area contributed by atoms with Crippen LogP contribution in [0.1, 0.15) is 30.7 Å². The maximum Gasteiger partial charge on any atom is 0.314 e. The van der Waals surface area contributed by atoms with Crippen LogP contribution in [0.25, 0.3) is 11.5 Å². The summed E-state index contributed by atoms with van der Waals surface area (Å²) in [6.07, 6.45) is 0.182. The van der Waals surface area contributed by atoms with Crippen molar-refractivity contribution >= 4 is 17.8 Å². The lowest BCUT2D eigenvalue weighted by Crippen LogP contribution is -2.42. The average molecular weight is 456 g/mol. The number of benzene rings is 2. The van der Waals surface area contributed by atoms with Gasteiger partial charge in [-0.3, -0.25) is 4.79 Å². The summed E-state index contributed by atoms with van der Waals surface area (Å²) in [6, 6.07) is 15.4. The molecular formula is C24H27F2N5O2. The molecule has 174 valence electrons. The number of likely N-dealkylation sites (tertiary alicyclic amines) is 1. The minimum absolute atomic E-state index is 0.0363. The van der Waals surface area contributed by atoms with Crippen molar-refractivity contribution in [2.75, 3.05) is 37.0 Å². The Bertz CT molecular complexity index is 1060. The normalized spacial score (nSPS) is 15.1. The molecule has 0 spiro atoms. The number of halogens is 2. The lowest BCUT2D eigenvalue weighted by atomic mass is 10.0. The topological polar surface area (TPSA) is 65.7 Å². The minimum atomic E-state index is -2.81. The van der Waals surface area contributed by atoms with Crippen LogP contribution in [0.3, 0.4) is 0 Å². The third-order valence-corrected chi connectivity index (χ3v) is 6.12. The third kappa shape index (κ3) is 5.19. The second-order valence-electron chi connectivity index (χ2n) is 8.31. The number of piperidine rings is 1. The summed E-state index contributed by atoms with van der Waals surface area (Å²) in [5, 5.41) is 7.03. The highest BCUT2D eigenvalue weighted by Gasteiger charge is 2.24. The number of hydrogen-bond acceptors (Lipinski definition) is 6. The molecule has 33 heavy (non-hydrogen) atoms. The molecule has 4 rings (SSSR count). The predicted molar refractivity (Wildman–Crippen MR) is 122 cm³/mol. The Balaban J connectivity index is 1.50. The molecule has 0 N–H and O–H groups in total. The molecule has 1 saturated heterocycles. The van der Waals surface area contributed by atoms with Crippen molar-refractivity contribution in [1.82, 2.24) is 15.1 Å². The largest absolute Gasteiger partial charge is 0.415 e. The van der Waals surface area contributed by atoms with Crippen LogP contribution < -0.4 is 9.80 Å². The van der Waals surface area contributed by atoms with Crippen molar-refractivity contribution < 1.29 is 18.0 Å². The molecule has 1 aliphatic rings. The van der Waals surface area contributed by atoms with Gasteiger partial charge in [0.25, 0.3) is 5.89 Å². The highest BCUT2D eigenvalue weighted by molar-refractivity contribution is 5.84. The van der Waals surface area contributed by atoms with Crippen LogP contribution in [0.15, 0.2) is 52.9 Å². The second kappa shape index (κ2) is 10.1. The van der Waals surface area contributed by atoms with E-state index in [-0.39, 0.29) is 5.89 Å². The number of carbonyl (C=O) groups is 1. The Morgan fingerprint density at radius 3 is 2.36 bits per heavy atom. The summed E-state index contributed by atoms with van der Waals surface area (Å²) in [5.74, 6) is -0.666. The molecule has 0 radical (unpaired) electrons. The van der Waals surface area contributed by atoms with Crippen LogP contribution in [0.4, 0.5) is 20.2 Å². The minimum Gasteiger partial charge on any atom is -0.415 e. The van der Waals surface area contributed by atoms with Gasteiger partial charge in [0.2, 0.25) is 12.3 Å². The molecule has 3 aromatic rings. The summed E-state index contributed by atoms with van der Waals surface area (Å²) in [7, 11) is 4.23. The van der Waals surface area contributed by atoms with Crippen LogP contribution in [0, 0.1) is 0 Å². The van der Waals surface area contributed by atoms with Crippen molar-refractivity contribution in [2.45, 2.75) is 31.9 Å². The lowest BCUT2D eigenvalue weighted by molar-refractivity contribution is -0.107. The Hall–Kier alpha value is -3.33. The molecule has 2 heterocycles. The molecular weight excluding hydrogens is 428 g/mol. The van der Waals surface area contributed by atoms with E-state index in [1.165, 1.54) is 0 Å². The number of carbonyl (C=O) groups excluding carboxylic acids is 1. The van der Waals surface area contributed by atoms with E-state index < -0.39 is 12.3 Å². The highest BCUT2D eigenvalue weighted by Crippen LogP contribution is 2.32. The van der Waals surface area contributed by atoms with E-state index in [1.54, 1.807) is 17.0 Å². The number of amides is 1. The molecule has 2 aromatic carbocycles. The van der Waals surface area contributed by atoms with Gasteiger partial charge in [-0.1, -0.05) is 24.3 Å². The number of hydrogen-bond donors (Lipinski definition) is 0. The van der Waals surface area contributed by atoms with Gasteiger partial charge in [0.05, 0.1) is 17.9 Å². The monoisotopic (exact) mass is 455 g/mol. The first-order chi connectivity index (χ1) is 16.0. The second-order valence-corrected chi connectivity index (χ2v) is 8.31. The van der Waals surface area contributed by atoms with Gasteiger partial charge in [-0.2, -0.15) is 8.78 Å². The summed E-state index contributed by atoms with van der Waals surface area (Å²) >= 11 is 0. The molecule has 0 unspecified atom stereocenters. The van der Waals surface area contributed by atoms with Gasteiger partial charge in [0.15, 0.2) is 0 Å². The zero-order valence-electron chi connectivity index (χ0n) is 18.7. The molecule has 9 heteroatoms. The van der Waals surface area contributed by atoms with E-state index in [9.17, 15) is 13.6 Å². The van der Waals surface area contributed by atoms with Crippen LogP contribution in [0.5, 0.6) is 0 Å². The number of para-hydroxylation sites is 2. The van der Waals surface area contributed by atoms with Crippen LogP contribution >= 0.6 is 0 Å². The Morgan fingerprint density at radius 2 is 1.76 bits per heavy atom. The average Bonchev–Trinajstić information content (AvgIpc) is 3.34. The van der Waals surface area contributed by atoms with Crippen molar-refractivity contribution in [3.63, 3.8) is 0 Å². The molecule has 0 saturated carbocycles. The number of alkyl halides is 2.